The Morgan fingerprint density at radius 3 is 2.31 bits per heavy atom. The zero-order valence-electron chi connectivity index (χ0n) is 23.0. The molecule has 2 fully saturated rings. The molecule has 0 aromatic heterocycles. The second-order valence-electron chi connectivity index (χ2n) is 10.9. The minimum Gasteiger partial charge on any atom is -0.338 e. The van der Waals surface area contributed by atoms with Crippen molar-refractivity contribution in [2.24, 2.45) is 0 Å². The maximum absolute atomic E-state index is 13.6. The third kappa shape index (κ3) is 7.23. The zero-order valence-corrected chi connectivity index (χ0v) is 23.8. The Bertz CT molecular complexity index is 1250. The lowest BCUT2D eigenvalue weighted by Gasteiger charge is -2.37. The van der Waals surface area contributed by atoms with E-state index in [1.54, 1.807) is 36.2 Å². The summed E-state index contributed by atoms with van der Waals surface area (Å²) >= 11 is 0. The van der Waals surface area contributed by atoms with Crippen LogP contribution in [0.15, 0.2) is 54.6 Å². The maximum atomic E-state index is 13.6. The molecular weight excluding hydrogens is 519 g/mol. The summed E-state index contributed by atoms with van der Waals surface area (Å²) in [5, 5.41) is 3.63. The van der Waals surface area contributed by atoms with E-state index in [1.165, 1.54) is 27.6 Å². The number of rotatable bonds is 11. The van der Waals surface area contributed by atoms with Gasteiger partial charge in [0.25, 0.3) is 5.91 Å². The van der Waals surface area contributed by atoms with Crippen molar-refractivity contribution in [2.45, 2.75) is 50.1 Å². The molecule has 1 heterocycles. The molecule has 4 rings (SSSR count). The summed E-state index contributed by atoms with van der Waals surface area (Å²) in [6.45, 7) is 4.08. The van der Waals surface area contributed by atoms with Crippen molar-refractivity contribution >= 4 is 21.8 Å². The third-order valence-electron chi connectivity index (χ3n) is 8.06. The first-order valence-corrected chi connectivity index (χ1v) is 15.4. The number of unbranched alkanes of at least 4 members (excludes halogenated alkanes) is 1. The van der Waals surface area contributed by atoms with Gasteiger partial charge in [-0.15, -0.1) is 0 Å². The number of halogens is 1. The Morgan fingerprint density at radius 1 is 1.05 bits per heavy atom. The topological polar surface area (TPSA) is 90.0 Å². The fraction of sp³-hybridized carbons (Fsp3) is 0.517. The van der Waals surface area contributed by atoms with Crippen LogP contribution in [0.5, 0.6) is 0 Å². The maximum Gasteiger partial charge on any atom is 0.254 e. The molecule has 2 amide bonds. The molecule has 0 unspecified atom stereocenters. The van der Waals surface area contributed by atoms with Gasteiger partial charge in [0.15, 0.2) is 0 Å². The van der Waals surface area contributed by atoms with E-state index in [9.17, 15) is 22.4 Å². The predicted molar refractivity (Wildman–Crippen MR) is 149 cm³/mol. The van der Waals surface area contributed by atoms with E-state index in [4.69, 9.17) is 0 Å². The molecule has 2 aliphatic rings. The van der Waals surface area contributed by atoms with E-state index < -0.39 is 16.1 Å². The predicted octanol–water partition coefficient (Wildman–Crippen LogP) is 3.08. The van der Waals surface area contributed by atoms with Gasteiger partial charge in [-0.25, -0.2) is 12.8 Å². The van der Waals surface area contributed by atoms with Crippen LogP contribution in [0.25, 0.3) is 0 Å². The van der Waals surface area contributed by atoms with Crippen LogP contribution in [0.2, 0.25) is 0 Å². The van der Waals surface area contributed by atoms with E-state index in [0.717, 1.165) is 31.4 Å². The standard InChI is InChI=1S/C29H39FN4O4S/c1-29(21-25(29)22-12-14-24(30)15-13-22)31-16-8-7-11-26(32(2)27(35)23-9-5-4-6-10-23)28(36)33-17-19-34(20-18-33)39(3,37)38/h4-6,9-10,12-15,25-26,31H,7-8,11,16-21H2,1-3H3/t25-,26-,29+/m0/s1. The van der Waals surface area contributed by atoms with Crippen LogP contribution in [-0.4, -0.2) is 91.9 Å². The zero-order chi connectivity index (χ0) is 28.2. The molecule has 1 saturated carbocycles. The van der Waals surface area contributed by atoms with Gasteiger partial charge in [0.05, 0.1) is 6.26 Å². The average Bonchev–Trinajstić information content (AvgIpc) is 3.61. The molecule has 1 aliphatic heterocycles. The number of hydrogen-bond acceptors (Lipinski definition) is 5. The second kappa shape index (κ2) is 12.1. The van der Waals surface area contributed by atoms with Crippen molar-refractivity contribution in [3.05, 3.63) is 71.5 Å². The van der Waals surface area contributed by atoms with Gasteiger partial charge in [-0.2, -0.15) is 4.31 Å². The molecule has 0 radical (unpaired) electrons. The average molecular weight is 559 g/mol. The van der Waals surface area contributed by atoms with Crippen LogP contribution in [0, 0.1) is 5.82 Å². The summed E-state index contributed by atoms with van der Waals surface area (Å²) in [4.78, 5) is 30.0. The summed E-state index contributed by atoms with van der Waals surface area (Å²) in [5.74, 6) is -0.235. The summed E-state index contributed by atoms with van der Waals surface area (Å²) in [5.41, 5.74) is 1.63. The van der Waals surface area contributed by atoms with Crippen molar-refractivity contribution in [1.29, 1.82) is 0 Å². The molecule has 1 N–H and O–H groups in total. The molecule has 0 spiro atoms. The van der Waals surface area contributed by atoms with E-state index in [1.807, 2.05) is 18.2 Å². The Labute approximate surface area is 231 Å². The summed E-state index contributed by atoms with van der Waals surface area (Å²) < 4.78 is 38.4. The smallest absolute Gasteiger partial charge is 0.254 e. The first-order valence-electron chi connectivity index (χ1n) is 13.6. The highest BCUT2D eigenvalue weighted by atomic mass is 32.2. The Hall–Kier alpha value is -2.82. The minimum atomic E-state index is -3.31. The molecule has 0 bridgehead atoms. The summed E-state index contributed by atoms with van der Waals surface area (Å²) in [6.07, 6.45) is 4.27. The Kier molecular flexibility index (Phi) is 9.08. The van der Waals surface area contributed by atoms with Crippen LogP contribution in [0.3, 0.4) is 0 Å². The van der Waals surface area contributed by atoms with Gasteiger partial charge in [0.1, 0.15) is 11.9 Å². The summed E-state index contributed by atoms with van der Waals surface area (Å²) in [7, 11) is -1.64. The van der Waals surface area contributed by atoms with Crippen LogP contribution >= 0.6 is 0 Å². The third-order valence-corrected chi connectivity index (χ3v) is 9.36. The highest BCUT2D eigenvalue weighted by Gasteiger charge is 2.50. The van der Waals surface area contributed by atoms with Gasteiger partial charge in [0, 0.05) is 50.2 Å². The van der Waals surface area contributed by atoms with Crippen molar-refractivity contribution in [2.75, 3.05) is 46.0 Å². The number of benzene rings is 2. The van der Waals surface area contributed by atoms with Crippen LogP contribution in [-0.2, 0) is 14.8 Å². The highest BCUT2D eigenvalue weighted by Crippen LogP contribution is 2.51. The highest BCUT2D eigenvalue weighted by molar-refractivity contribution is 7.88. The van der Waals surface area contributed by atoms with Gasteiger partial charge in [-0.05, 0) is 69.0 Å². The SMILES string of the molecule is CN(C(=O)c1ccccc1)[C@@H](CCCCN[C@]1(C)C[C@H]1c1ccc(F)cc1)C(=O)N1CCN(S(C)(=O)=O)CC1. The van der Waals surface area contributed by atoms with E-state index in [-0.39, 0.29) is 36.3 Å². The van der Waals surface area contributed by atoms with Gasteiger partial charge in [-0.1, -0.05) is 30.3 Å². The fourth-order valence-corrected chi connectivity index (χ4v) is 6.26. The van der Waals surface area contributed by atoms with Crippen LogP contribution in [0.1, 0.15) is 54.4 Å². The fourth-order valence-electron chi connectivity index (χ4n) is 5.44. The molecule has 2 aromatic rings. The monoisotopic (exact) mass is 558 g/mol. The number of piperazine rings is 1. The number of carbonyl (C=O) groups is 2. The van der Waals surface area contributed by atoms with Gasteiger partial charge < -0.3 is 15.1 Å². The molecule has 10 heteroatoms. The molecule has 2 aromatic carbocycles. The van der Waals surface area contributed by atoms with Crippen molar-refractivity contribution in [1.82, 2.24) is 19.4 Å². The lowest BCUT2D eigenvalue weighted by atomic mass is 10.0. The molecular formula is C29H39FN4O4S. The Morgan fingerprint density at radius 2 is 1.69 bits per heavy atom. The van der Waals surface area contributed by atoms with Gasteiger partial charge >= 0.3 is 0 Å². The largest absolute Gasteiger partial charge is 0.338 e. The van der Waals surface area contributed by atoms with E-state index in [2.05, 4.69) is 12.2 Å². The number of likely N-dealkylation sites (N-methyl/N-ethyl adjacent to an activating group) is 1. The number of amides is 2. The number of nitrogens with one attached hydrogen (secondary N) is 1. The van der Waals surface area contributed by atoms with Crippen molar-refractivity contribution in [3.8, 4) is 0 Å². The lowest BCUT2D eigenvalue weighted by Crippen LogP contribution is -2.56. The van der Waals surface area contributed by atoms with Crippen LogP contribution < -0.4 is 5.32 Å². The lowest BCUT2D eigenvalue weighted by molar-refractivity contribution is -0.137. The molecule has 8 nitrogen and oxygen atoms in total. The first kappa shape index (κ1) is 29.2. The molecule has 1 aliphatic carbocycles. The van der Waals surface area contributed by atoms with Gasteiger partial charge in [0.2, 0.25) is 15.9 Å². The van der Waals surface area contributed by atoms with E-state index >= 15 is 0 Å². The Balaban J connectivity index is 1.34. The number of hydrogen-bond donors (Lipinski definition) is 1. The molecule has 1 saturated heterocycles. The first-order chi connectivity index (χ1) is 18.5. The number of carbonyl (C=O) groups excluding carboxylic acids is 2. The van der Waals surface area contributed by atoms with Crippen molar-refractivity contribution < 1.29 is 22.4 Å². The normalized spacial score (nSPS) is 22.4. The minimum absolute atomic E-state index is 0.0214. The van der Waals surface area contributed by atoms with Gasteiger partial charge in [-0.3, -0.25) is 9.59 Å². The molecule has 3 atom stereocenters. The second-order valence-corrected chi connectivity index (χ2v) is 12.9. The van der Waals surface area contributed by atoms with Crippen molar-refractivity contribution in [3.63, 3.8) is 0 Å². The number of sulfonamides is 1. The molecule has 212 valence electrons. The number of nitrogens with zero attached hydrogens (tertiary/aromatic N) is 3. The van der Waals surface area contributed by atoms with Crippen LogP contribution in [0.4, 0.5) is 4.39 Å². The molecule has 39 heavy (non-hydrogen) atoms. The summed E-state index contributed by atoms with van der Waals surface area (Å²) in [6, 6.07) is 15.0. The van der Waals surface area contributed by atoms with E-state index in [0.29, 0.717) is 31.0 Å². The quantitative estimate of drug-likeness (QED) is 0.428.